The van der Waals surface area contributed by atoms with Crippen LogP contribution in [0.25, 0.3) is 0 Å². The summed E-state index contributed by atoms with van der Waals surface area (Å²) >= 11 is 6.09. The van der Waals surface area contributed by atoms with E-state index in [-0.39, 0.29) is 17.0 Å². The van der Waals surface area contributed by atoms with Gasteiger partial charge in [-0.15, -0.1) is 0 Å². The third-order valence-electron chi connectivity index (χ3n) is 4.94. The normalized spacial score (nSPS) is 15.4. The first-order chi connectivity index (χ1) is 14.0. The maximum atomic E-state index is 13.5. The van der Waals surface area contributed by atoms with Crippen LogP contribution in [0.3, 0.4) is 0 Å². The van der Waals surface area contributed by atoms with Crippen molar-refractivity contribution in [3.63, 3.8) is 0 Å². The van der Waals surface area contributed by atoms with Crippen molar-refractivity contribution in [1.82, 2.24) is 9.55 Å². The summed E-state index contributed by atoms with van der Waals surface area (Å²) in [6, 6.07) is 14.8. The Morgan fingerprint density at radius 3 is 2.83 bits per heavy atom. The Labute approximate surface area is 172 Å². The van der Waals surface area contributed by atoms with Gasteiger partial charge in [0, 0.05) is 29.2 Å². The average molecular weight is 405 g/mol. The summed E-state index contributed by atoms with van der Waals surface area (Å²) < 4.78 is 7.30. The number of halogens is 1. The van der Waals surface area contributed by atoms with Crippen LogP contribution in [0.2, 0.25) is 5.02 Å². The first-order valence-electron chi connectivity index (χ1n) is 8.96. The number of nitrogens with two attached hydrogens (primary N) is 1. The fraction of sp³-hybridized carbons (Fsp3) is 0.136. The third kappa shape index (κ3) is 3.37. The lowest BCUT2D eigenvalue weighted by Gasteiger charge is -2.27. The van der Waals surface area contributed by atoms with Gasteiger partial charge in [-0.1, -0.05) is 29.8 Å². The Hall–Kier alpha value is -3.56. The first-order valence-corrected chi connectivity index (χ1v) is 9.33. The predicted octanol–water partition coefficient (Wildman–Crippen LogP) is 3.47. The van der Waals surface area contributed by atoms with Gasteiger partial charge < -0.3 is 15.0 Å². The van der Waals surface area contributed by atoms with E-state index in [2.05, 4.69) is 11.1 Å². The van der Waals surface area contributed by atoms with Gasteiger partial charge in [0.2, 0.25) is 5.88 Å². The van der Waals surface area contributed by atoms with Crippen molar-refractivity contribution in [2.24, 2.45) is 5.73 Å². The number of aromatic nitrogens is 2. The van der Waals surface area contributed by atoms with E-state index in [0.717, 1.165) is 5.56 Å². The molecule has 0 bridgehead atoms. The number of pyridine rings is 2. The molecule has 1 unspecified atom stereocenters. The number of allylic oxidation sites excluding steroid dienone is 1. The van der Waals surface area contributed by atoms with Crippen molar-refractivity contribution in [1.29, 1.82) is 5.26 Å². The third-order valence-corrected chi connectivity index (χ3v) is 5.17. The zero-order valence-electron chi connectivity index (χ0n) is 15.6. The molecule has 7 heteroatoms. The summed E-state index contributed by atoms with van der Waals surface area (Å²) in [6.45, 7) is 2.17. The fourth-order valence-electron chi connectivity index (χ4n) is 3.58. The lowest BCUT2D eigenvalue weighted by molar-refractivity contribution is 0.389. The van der Waals surface area contributed by atoms with Crippen LogP contribution in [0.15, 0.2) is 71.1 Å². The minimum absolute atomic E-state index is 0.000226. The second kappa shape index (κ2) is 7.46. The Morgan fingerprint density at radius 1 is 1.31 bits per heavy atom. The first kappa shape index (κ1) is 18.8. The number of fused-ring (bicyclic) bond motifs is 1. The molecule has 0 saturated carbocycles. The largest absolute Gasteiger partial charge is 0.440 e. The van der Waals surface area contributed by atoms with E-state index in [0.29, 0.717) is 34.1 Å². The van der Waals surface area contributed by atoms with Gasteiger partial charge in [-0.05, 0) is 36.2 Å². The van der Waals surface area contributed by atoms with Gasteiger partial charge in [0.15, 0.2) is 0 Å². The molecule has 0 aliphatic carbocycles. The minimum Gasteiger partial charge on any atom is -0.440 e. The molecule has 1 aromatic carbocycles. The van der Waals surface area contributed by atoms with Gasteiger partial charge in [0.25, 0.3) is 5.56 Å². The standard InChI is InChI=1S/C22H17ClN4O2/c1-13-8-18-20(22(28)27(13)12-14-4-2-6-16(23)9-14)19(15-5-3-7-26-11-15)17(10-24)21(25)29-18/h2-9,11,19H,12,25H2,1H3. The van der Waals surface area contributed by atoms with Crippen molar-refractivity contribution in [2.75, 3.05) is 0 Å². The zero-order chi connectivity index (χ0) is 20.5. The monoisotopic (exact) mass is 404 g/mol. The fourth-order valence-corrected chi connectivity index (χ4v) is 3.79. The maximum Gasteiger partial charge on any atom is 0.259 e. The zero-order valence-corrected chi connectivity index (χ0v) is 16.3. The van der Waals surface area contributed by atoms with Crippen molar-refractivity contribution >= 4 is 11.6 Å². The lowest BCUT2D eigenvalue weighted by atomic mass is 9.85. The van der Waals surface area contributed by atoms with Crippen LogP contribution in [0.5, 0.6) is 5.75 Å². The second-order valence-corrected chi connectivity index (χ2v) is 7.23. The molecule has 1 aliphatic heterocycles. The SMILES string of the molecule is Cc1cc2c(c(=O)n1Cc1cccc(Cl)c1)C(c1cccnc1)C(C#N)=C(N)O2. The number of hydrogen-bond donors (Lipinski definition) is 1. The number of nitrogens with zero attached hydrogens (tertiary/aromatic N) is 3. The molecule has 3 aromatic rings. The molecule has 144 valence electrons. The molecular weight excluding hydrogens is 388 g/mol. The van der Waals surface area contributed by atoms with Crippen LogP contribution < -0.4 is 16.0 Å². The molecule has 1 aliphatic rings. The van der Waals surface area contributed by atoms with Gasteiger partial charge in [-0.25, -0.2) is 0 Å². The molecule has 2 N–H and O–H groups in total. The summed E-state index contributed by atoms with van der Waals surface area (Å²) in [5.41, 5.74) is 8.64. The Kier molecular flexibility index (Phi) is 4.83. The molecule has 0 radical (unpaired) electrons. The van der Waals surface area contributed by atoms with Gasteiger partial charge in [-0.3, -0.25) is 9.78 Å². The van der Waals surface area contributed by atoms with E-state index < -0.39 is 5.92 Å². The Balaban J connectivity index is 1.92. The van der Waals surface area contributed by atoms with Gasteiger partial charge in [-0.2, -0.15) is 5.26 Å². The summed E-state index contributed by atoms with van der Waals surface area (Å²) in [5, 5.41) is 10.3. The van der Waals surface area contributed by atoms with Gasteiger partial charge in [0.1, 0.15) is 17.4 Å². The molecule has 0 spiro atoms. The molecule has 6 nitrogen and oxygen atoms in total. The number of ether oxygens (including phenoxy) is 1. The second-order valence-electron chi connectivity index (χ2n) is 6.80. The van der Waals surface area contributed by atoms with E-state index in [1.165, 1.54) is 0 Å². The highest BCUT2D eigenvalue weighted by molar-refractivity contribution is 6.30. The van der Waals surface area contributed by atoms with Crippen molar-refractivity contribution in [3.8, 4) is 11.8 Å². The van der Waals surface area contributed by atoms with E-state index in [1.807, 2.05) is 31.2 Å². The number of hydrogen-bond acceptors (Lipinski definition) is 5. The molecular formula is C22H17ClN4O2. The molecule has 0 amide bonds. The van der Waals surface area contributed by atoms with Crippen molar-refractivity contribution < 1.29 is 4.74 Å². The van der Waals surface area contributed by atoms with E-state index in [9.17, 15) is 10.1 Å². The predicted molar refractivity (Wildman–Crippen MR) is 110 cm³/mol. The van der Waals surface area contributed by atoms with Crippen LogP contribution >= 0.6 is 11.6 Å². The van der Waals surface area contributed by atoms with Gasteiger partial charge in [0.05, 0.1) is 18.0 Å². The van der Waals surface area contributed by atoms with Gasteiger partial charge >= 0.3 is 0 Å². The number of rotatable bonds is 3. The van der Waals surface area contributed by atoms with Crippen LogP contribution in [0.4, 0.5) is 0 Å². The van der Waals surface area contributed by atoms with Crippen LogP contribution in [0.1, 0.15) is 28.3 Å². The summed E-state index contributed by atoms with van der Waals surface area (Å²) in [6.07, 6.45) is 3.26. The van der Waals surface area contributed by atoms with Crippen LogP contribution in [-0.4, -0.2) is 9.55 Å². The average Bonchev–Trinajstić information content (AvgIpc) is 2.71. The summed E-state index contributed by atoms with van der Waals surface area (Å²) in [4.78, 5) is 17.7. The van der Waals surface area contributed by atoms with Crippen LogP contribution in [0, 0.1) is 18.3 Å². The highest BCUT2D eigenvalue weighted by Crippen LogP contribution is 2.40. The molecule has 1 atom stereocenters. The van der Waals surface area contributed by atoms with E-state index >= 15 is 0 Å². The highest BCUT2D eigenvalue weighted by Gasteiger charge is 2.34. The minimum atomic E-state index is -0.642. The molecule has 0 fully saturated rings. The number of nitriles is 1. The van der Waals surface area contributed by atoms with Crippen molar-refractivity contribution in [3.05, 3.63) is 104 Å². The van der Waals surface area contributed by atoms with E-state index in [1.54, 1.807) is 35.2 Å². The molecule has 4 rings (SSSR count). The number of benzene rings is 1. The van der Waals surface area contributed by atoms with E-state index in [4.69, 9.17) is 22.1 Å². The van der Waals surface area contributed by atoms with Crippen LogP contribution in [-0.2, 0) is 6.54 Å². The topological polar surface area (TPSA) is 93.9 Å². The van der Waals surface area contributed by atoms with Crippen molar-refractivity contribution in [2.45, 2.75) is 19.4 Å². The lowest BCUT2D eigenvalue weighted by Crippen LogP contribution is -2.33. The summed E-state index contributed by atoms with van der Waals surface area (Å²) in [7, 11) is 0. The highest BCUT2D eigenvalue weighted by atomic mass is 35.5. The quantitative estimate of drug-likeness (QED) is 0.721. The Morgan fingerprint density at radius 2 is 2.14 bits per heavy atom. The molecule has 0 saturated heterocycles. The number of aryl methyl sites for hydroxylation is 1. The molecule has 29 heavy (non-hydrogen) atoms. The molecule has 3 heterocycles. The Bertz CT molecular complexity index is 1230. The molecule has 2 aromatic heterocycles. The smallest absolute Gasteiger partial charge is 0.259 e. The summed E-state index contributed by atoms with van der Waals surface area (Å²) in [5.74, 6) is -0.281. The maximum absolute atomic E-state index is 13.5.